The zero-order chi connectivity index (χ0) is 23.8. The van der Waals surface area contributed by atoms with Crippen molar-refractivity contribution in [2.24, 2.45) is 0 Å². The summed E-state index contributed by atoms with van der Waals surface area (Å²) in [4.78, 5) is 34.8. The molecular formula is C26H25NO6. The molecule has 1 atom stereocenters. The minimum Gasteiger partial charge on any atom is -0.507 e. The molecular weight excluding hydrogens is 422 g/mol. The lowest BCUT2D eigenvalue weighted by molar-refractivity contribution is -0.131. The molecule has 3 rings (SSSR count). The van der Waals surface area contributed by atoms with Crippen LogP contribution >= 0.6 is 0 Å². The number of phenolic OH excluding ortho intramolecular Hbond substituents is 1. The quantitative estimate of drug-likeness (QED) is 0.215. The van der Waals surface area contributed by atoms with E-state index in [4.69, 9.17) is 9.84 Å². The summed E-state index contributed by atoms with van der Waals surface area (Å²) in [6.45, 7) is 1.47. The van der Waals surface area contributed by atoms with Crippen LogP contribution in [0.1, 0.15) is 48.2 Å². The Morgan fingerprint density at radius 3 is 2.36 bits per heavy atom. The number of benzene rings is 3. The van der Waals surface area contributed by atoms with Crippen molar-refractivity contribution in [2.75, 3.05) is 5.32 Å². The van der Waals surface area contributed by atoms with Crippen molar-refractivity contribution in [1.29, 1.82) is 0 Å². The minimum absolute atomic E-state index is 0.0691. The number of carbonyl (C=O) groups excluding carboxylic acids is 2. The summed E-state index contributed by atoms with van der Waals surface area (Å²) in [6.07, 6.45) is 2.92. The SMILES string of the molecule is CC(=O)c1ccc(NC(=O)O[C@H](CCC/C=C/C(=O)O)c2ccc(O)c3ccccc23)cc1. The number of unbranched alkanes of at least 4 members (excludes halogenated alkanes) is 1. The van der Waals surface area contributed by atoms with Crippen molar-refractivity contribution in [3.05, 3.63) is 83.9 Å². The molecule has 0 radical (unpaired) electrons. The van der Waals surface area contributed by atoms with Gasteiger partial charge < -0.3 is 14.9 Å². The van der Waals surface area contributed by atoms with Crippen LogP contribution in [0.15, 0.2) is 72.8 Å². The van der Waals surface area contributed by atoms with Crippen molar-refractivity contribution >= 4 is 34.3 Å². The van der Waals surface area contributed by atoms with Crippen LogP contribution in [0.3, 0.4) is 0 Å². The predicted octanol–water partition coefficient (Wildman–Crippen LogP) is 5.85. The smallest absolute Gasteiger partial charge is 0.412 e. The Morgan fingerprint density at radius 2 is 1.70 bits per heavy atom. The molecule has 33 heavy (non-hydrogen) atoms. The van der Waals surface area contributed by atoms with E-state index in [0.717, 1.165) is 17.0 Å². The number of ketones is 1. The van der Waals surface area contributed by atoms with Crippen molar-refractivity contribution < 1.29 is 29.3 Å². The molecule has 0 aliphatic rings. The molecule has 0 saturated heterocycles. The molecule has 7 nitrogen and oxygen atoms in total. The first kappa shape index (κ1) is 23.5. The average Bonchev–Trinajstić information content (AvgIpc) is 2.79. The topological polar surface area (TPSA) is 113 Å². The number of amides is 1. The van der Waals surface area contributed by atoms with Crippen LogP contribution < -0.4 is 5.32 Å². The number of rotatable bonds is 9. The highest BCUT2D eigenvalue weighted by Gasteiger charge is 2.20. The number of carboxylic acids is 1. The first-order chi connectivity index (χ1) is 15.8. The minimum atomic E-state index is -1.01. The van der Waals surface area contributed by atoms with Gasteiger partial charge in [0.15, 0.2) is 5.78 Å². The third-order valence-electron chi connectivity index (χ3n) is 5.17. The number of allylic oxidation sites excluding steroid dienone is 1. The highest BCUT2D eigenvalue weighted by molar-refractivity contribution is 5.95. The van der Waals surface area contributed by atoms with Gasteiger partial charge in [0.05, 0.1) is 0 Å². The number of hydrogen-bond acceptors (Lipinski definition) is 5. The lowest BCUT2D eigenvalue weighted by atomic mass is 9.96. The zero-order valence-electron chi connectivity index (χ0n) is 18.2. The zero-order valence-corrected chi connectivity index (χ0v) is 18.2. The number of fused-ring (bicyclic) bond motifs is 1. The monoisotopic (exact) mass is 447 g/mol. The molecule has 0 saturated carbocycles. The first-order valence-corrected chi connectivity index (χ1v) is 10.5. The summed E-state index contributed by atoms with van der Waals surface area (Å²) < 4.78 is 5.75. The normalized spacial score (nSPS) is 11.9. The van der Waals surface area contributed by atoms with E-state index in [9.17, 15) is 19.5 Å². The van der Waals surface area contributed by atoms with Gasteiger partial charge in [0.1, 0.15) is 11.9 Å². The van der Waals surface area contributed by atoms with Crippen LogP contribution in [0.25, 0.3) is 10.8 Å². The van der Waals surface area contributed by atoms with Crippen molar-refractivity contribution in [1.82, 2.24) is 0 Å². The Kier molecular flexibility index (Phi) is 7.81. The van der Waals surface area contributed by atoms with Crippen LogP contribution in [-0.4, -0.2) is 28.1 Å². The van der Waals surface area contributed by atoms with Gasteiger partial charge in [-0.2, -0.15) is 0 Å². The van der Waals surface area contributed by atoms with Crippen LogP contribution in [-0.2, 0) is 9.53 Å². The number of aliphatic carboxylic acids is 1. The largest absolute Gasteiger partial charge is 0.507 e. The number of Topliss-reactive ketones (excluding diaryl/α,β-unsaturated/α-hetero) is 1. The maximum atomic E-state index is 12.7. The number of aromatic hydroxyl groups is 1. The Morgan fingerprint density at radius 1 is 1.00 bits per heavy atom. The number of nitrogens with one attached hydrogen (secondary N) is 1. The van der Waals surface area contributed by atoms with E-state index in [-0.39, 0.29) is 11.5 Å². The number of phenols is 1. The molecule has 0 aliphatic heterocycles. The van der Waals surface area contributed by atoms with Gasteiger partial charge in [-0.1, -0.05) is 36.4 Å². The summed E-state index contributed by atoms with van der Waals surface area (Å²) in [5.41, 5.74) is 1.77. The molecule has 3 aromatic rings. The van der Waals surface area contributed by atoms with Gasteiger partial charge >= 0.3 is 12.1 Å². The standard InChI is InChI=1S/C26H25NO6/c1-17(28)18-11-13-19(14-12-18)27-26(32)33-24(9-3-2-4-10-25(30)31)22-15-16-23(29)21-8-6-5-7-20(21)22/h4-8,10-16,24,29H,2-3,9H2,1H3,(H,27,32)(H,30,31)/b10-4+/t24-/m1/s1. The Bertz CT molecular complexity index is 1180. The van der Waals surface area contributed by atoms with Gasteiger partial charge in [-0.15, -0.1) is 0 Å². The molecule has 0 aliphatic carbocycles. The molecule has 0 spiro atoms. The third-order valence-corrected chi connectivity index (χ3v) is 5.17. The van der Waals surface area contributed by atoms with Crippen molar-refractivity contribution in [3.63, 3.8) is 0 Å². The summed E-state index contributed by atoms with van der Waals surface area (Å²) in [7, 11) is 0. The number of anilines is 1. The molecule has 170 valence electrons. The number of ether oxygens (including phenoxy) is 1. The van der Waals surface area contributed by atoms with E-state index in [1.807, 2.05) is 18.2 Å². The highest BCUT2D eigenvalue weighted by Crippen LogP contribution is 2.34. The molecule has 3 N–H and O–H groups in total. The summed E-state index contributed by atoms with van der Waals surface area (Å²) in [5.74, 6) is -0.949. The molecule has 0 aromatic heterocycles. The molecule has 0 fully saturated rings. The lowest BCUT2D eigenvalue weighted by Crippen LogP contribution is -2.18. The number of carboxylic acid groups (broad SMARTS) is 1. The summed E-state index contributed by atoms with van der Waals surface area (Å²) >= 11 is 0. The molecule has 0 bridgehead atoms. The van der Waals surface area contributed by atoms with E-state index < -0.39 is 18.2 Å². The van der Waals surface area contributed by atoms with Crippen LogP contribution in [0.4, 0.5) is 10.5 Å². The van der Waals surface area contributed by atoms with E-state index in [1.165, 1.54) is 6.92 Å². The molecule has 7 heteroatoms. The predicted molar refractivity (Wildman–Crippen MR) is 126 cm³/mol. The van der Waals surface area contributed by atoms with Gasteiger partial charge in [0, 0.05) is 28.3 Å². The third kappa shape index (κ3) is 6.43. The fraction of sp³-hybridized carbons (Fsp3) is 0.192. The number of hydrogen-bond donors (Lipinski definition) is 3. The first-order valence-electron chi connectivity index (χ1n) is 10.5. The van der Waals surface area contributed by atoms with E-state index in [0.29, 0.717) is 35.9 Å². The molecule has 0 unspecified atom stereocenters. The van der Waals surface area contributed by atoms with E-state index in [2.05, 4.69) is 5.32 Å². The highest BCUT2D eigenvalue weighted by atomic mass is 16.6. The van der Waals surface area contributed by atoms with Gasteiger partial charge in [-0.25, -0.2) is 9.59 Å². The second kappa shape index (κ2) is 10.9. The Balaban J connectivity index is 1.80. The molecule has 0 heterocycles. The van der Waals surface area contributed by atoms with Crippen molar-refractivity contribution in [2.45, 2.75) is 32.3 Å². The number of carbonyl (C=O) groups is 3. The van der Waals surface area contributed by atoms with Gasteiger partial charge in [-0.05, 0) is 61.9 Å². The summed E-state index contributed by atoms with van der Waals surface area (Å²) in [5, 5.41) is 23.0. The van der Waals surface area contributed by atoms with Gasteiger partial charge in [0.2, 0.25) is 0 Å². The van der Waals surface area contributed by atoms with Crippen LogP contribution in [0.5, 0.6) is 5.75 Å². The van der Waals surface area contributed by atoms with Crippen LogP contribution in [0.2, 0.25) is 0 Å². The second-order valence-corrected chi connectivity index (χ2v) is 7.54. The Labute approximate surface area is 191 Å². The van der Waals surface area contributed by atoms with Gasteiger partial charge in [0.25, 0.3) is 0 Å². The fourth-order valence-corrected chi connectivity index (χ4v) is 3.54. The second-order valence-electron chi connectivity index (χ2n) is 7.54. The Hall–Kier alpha value is -4.13. The molecule has 1 amide bonds. The van der Waals surface area contributed by atoms with Crippen LogP contribution in [0, 0.1) is 0 Å². The fourth-order valence-electron chi connectivity index (χ4n) is 3.54. The van der Waals surface area contributed by atoms with E-state index in [1.54, 1.807) is 48.5 Å². The maximum Gasteiger partial charge on any atom is 0.412 e. The van der Waals surface area contributed by atoms with Crippen molar-refractivity contribution in [3.8, 4) is 5.75 Å². The van der Waals surface area contributed by atoms with E-state index >= 15 is 0 Å². The van der Waals surface area contributed by atoms with Gasteiger partial charge in [-0.3, -0.25) is 10.1 Å². The maximum absolute atomic E-state index is 12.7. The average molecular weight is 447 g/mol. The lowest BCUT2D eigenvalue weighted by Gasteiger charge is -2.20. The summed E-state index contributed by atoms with van der Waals surface area (Å²) in [6, 6.07) is 17.1. The molecule has 3 aromatic carbocycles.